The number of nitrogens with one attached hydrogen (secondary N) is 2. The summed E-state index contributed by atoms with van der Waals surface area (Å²) >= 11 is 0. The Morgan fingerprint density at radius 1 is 1.36 bits per heavy atom. The van der Waals surface area contributed by atoms with Crippen molar-refractivity contribution < 1.29 is 5.11 Å². The molecule has 1 heterocycles. The molecule has 0 amide bonds. The van der Waals surface area contributed by atoms with Gasteiger partial charge in [-0.05, 0) is 18.6 Å². The molecule has 0 spiro atoms. The fraction of sp³-hybridized carbons (Fsp3) is 0.455. The molecule has 76 valence electrons. The van der Waals surface area contributed by atoms with E-state index < -0.39 is 0 Å². The highest BCUT2D eigenvalue weighted by molar-refractivity contribution is 5.42. The van der Waals surface area contributed by atoms with Gasteiger partial charge < -0.3 is 15.7 Å². The Labute approximate surface area is 84.1 Å². The van der Waals surface area contributed by atoms with Crippen LogP contribution in [0.2, 0.25) is 0 Å². The fourth-order valence-electron chi connectivity index (χ4n) is 1.75. The zero-order chi connectivity index (χ0) is 9.80. The fourth-order valence-corrected chi connectivity index (χ4v) is 1.75. The SMILES string of the molecule is O[C@@H]1CN[C@H](CNc2ccccc2)C1. The van der Waals surface area contributed by atoms with E-state index in [0.29, 0.717) is 6.04 Å². The van der Waals surface area contributed by atoms with Gasteiger partial charge in [-0.3, -0.25) is 0 Å². The molecule has 0 saturated carbocycles. The Bertz CT molecular complexity index is 276. The molecule has 3 nitrogen and oxygen atoms in total. The van der Waals surface area contributed by atoms with Crippen molar-refractivity contribution in [3.05, 3.63) is 30.3 Å². The Hall–Kier alpha value is -1.06. The second-order valence-electron chi connectivity index (χ2n) is 3.74. The topological polar surface area (TPSA) is 44.3 Å². The number of anilines is 1. The van der Waals surface area contributed by atoms with E-state index in [-0.39, 0.29) is 6.10 Å². The summed E-state index contributed by atoms with van der Waals surface area (Å²) in [5.74, 6) is 0. The molecule has 2 atom stereocenters. The molecule has 1 fully saturated rings. The molecule has 2 rings (SSSR count). The third-order valence-corrected chi connectivity index (χ3v) is 2.53. The lowest BCUT2D eigenvalue weighted by molar-refractivity contribution is 0.193. The molecule has 14 heavy (non-hydrogen) atoms. The lowest BCUT2D eigenvalue weighted by Crippen LogP contribution is -2.29. The second kappa shape index (κ2) is 4.44. The van der Waals surface area contributed by atoms with Crippen LogP contribution in [0.5, 0.6) is 0 Å². The zero-order valence-corrected chi connectivity index (χ0v) is 8.11. The molecule has 1 saturated heterocycles. The molecular weight excluding hydrogens is 176 g/mol. The van der Waals surface area contributed by atoms with Crippen LogP contribution in [0.3, 0.4) is 0 Å². The Morgan fingerprint density at radius 2 is 2.14 bits per heavy atom. The first-order valence-electron chi connectivity index (χ1n) is 5.05. The van der Waals surface area contributed by atoms with E-state index in [1.807, 2.05) is 30.3 Å². The van der Waals surface area contributed by atoms with Crippen LogP contribution in [0.25, 0.3) is 0 Å². The van der Waals surface area contributed by atoms with Gasteiger partial charge >= 0.3 is 0 Å². The molecule has 3 N–H and O–H groups in total. The summed E-state index contributed by atoms with van der Waals surface area (Å²) in [6.07, 6.45) is 0.678. The summed E-state index contributed by atoms with van der Waals surface area (Å²) in [5, 5.41) is 15.9. The maximum absolute atomic E-state index is 9.31. The van der Waals surface area contributed by atoms with Crippen molar-refractivity contribution in [3.8, 4) is 0 Å². The predicted octanol–water partition coefficient (Wildman–Crippen LogP) is 0.821. The van der Waals surface area contributed by atoms with E-state index >= 15 is 0 Å². The first-order chi connectivity index (χ1) is 6.84. The number of aliphatic hydroxyl groups excluding tert-OH is 1. The van der Waals surface area contributed by atoms with Crippen LogP contribution in [0, 0.1) is 0 Å². The highest BCUT2D eigenvalue weighted by Crippen LogP contribution is 2.09. The van der Waals surface area contributed by atoms with Crippen LogP contribution in [0.15, 0.2) is 30.3 Å². The van der Waals surface area contributed by atoms with Gasteiger partial charge in [-0.1, -0.05) is 18.2 Å². The minimum absolute atomic E-state index is 0.169. The molecule has 1 aromatic rings. The van der Waals surface area contributed by atoms with E-state index in [1.54, 1.807) is 0 Å². The van der Waals surface area contributed by atoms with E-state index in [9.17, 15) is 5.11 Å². The minimum atomic E-state index is -0.169. The van der Waals surface area contributed by atoms with E-state index in [4.69, 9.17) is 0 Å². The Kier molecular flexibility index (Phi) is 3.01. The average molecular weight is 192 g/mol. The number of β-amino-alcohol motifs (C(OH)–C–C–N with tert-alkyl or cyclic N) is 1. The number of aliphatic hydroxyl groups is 1. The first kappa shape index (κ1) is 9.49. The van der Waals surface area contributed by atoms with Crippen molar-refractivity contribution >= 4 is 5.69 Å². The second-order valence-corrected chi connectivity index (χ2v) is 3.74. The molecular formula is C11H16N2O. The Balaban J connectivity index is 1.78. The van der Waals surface area contributed by atoms with Gasteiger partial charge in [0.2, 0.25) is 0 Å². The van der Waals surface area contributed by atoms with Crippen LogP contribution in [-0.2, 0) is 0 Å². The van der Waals surface area contributed by atoms with E-state index in [1.165, 1.54) is 0 Å². The standard InChI is InChI=1S/C11H16N2O/c14-11-6-10(13-8-11)7-12-9-4-2-1-3-5-9/h1-5,10-14H,6-8H2/t10-,11-/m0/s1. The highest BCUT2D eigenvalue weighted by Gasteiger charge is 2.21. The van der Waals surface area contributed by atoms with Gasteiger partial charge in [0.1, 0.15) is 0 Å². The van der Waals surface area contributed by atoms with Gasteiger partial charge in [0.15, 0.2) is 0 Å². The monoisotopic (exact) mass is 192 g/mol. The largest absolute Gasteiger partial charge is 0.392 e. The van der Waals surface area contributed by atoms with Gasteiger partial charge in [0.05, 0.1) is 6.10 Å². The smallest absolute Gasteiger partial charge is 0.0680 e. The molecule has 1 aliphatic rings. The lowest BCUT2D eigenvalue weighted by Gasteiger charge is -2.12. The van der Waals surface area contributed by atoms with Crippen molar-refractivity contribution in [2.75, 3.05) is 18.4 Å². The first-order valence-corrected chi connectivity index (χ1v) is 5.05. The zero-order valence-electron chi connectivity index (χ0n) is 8.11. The maximum atomic E-state index is 9.31. The average Bonchev–Trinajstić information content (AvgIpc) is 2.63. The Morgan fingerprint density at radius 3 is 2.79 bits per heavy atom. The molecule has 0 aliphatic carbocycles. The van der Waals surface area contributed by atoms with Crippen molar-refractivity contribution in [2.45, 2.75) is 18.6 Å². The number of rotatable bonds is 3. The maximum Gasteiger partial charge on any atom is 0.0680 e. The third kappa shape index (κ3) is 2.47. The van der Waals surface area contributed by atoms with Crippen molar-refractivity contribution in [1.29, 1.82) is 0 Å². The van der Waals surface area contributed by atoms with Crippen LogP contribution in [-0.4, -0.2) is 30.3 Å². The summed E-state index contributed by atoms with van der Waals surface area (Å²) in [6, 6.07) is 10.5. The molecule has 1 aromatic carbocycles. The van der Waals surface area contributed by atoms with Gasteiger partial charge in [-0.25, -0.2) is 0 Å². The minimum Gasteiger partial charge on any atom is -0.392 e. The predicted molar refractivity (Wildman–Crippen MR) is 57.3 cm³/mol. The number of benzene rings is 1. The van der Waals surface area contributed by atoms with E-state index in [2.05, 4.69) is 10.6 Å². The molecule has 0 bridgehead atoms. The van der Waals surface area contributed by atoms with Gasteiger partial charge in [0.25, 0.3) is 0 Å². The number of hydrogen-bond donors (Lipinski definition) is 3. The van der Waals surface area contributed by atoms with Gasteiger partial charge in [-0.15, -0.1) is 0 Å². The van der Waals surface area contributed by atoms with Crippen LogP contribution in [0.1, 0.15) is 6.42 Å². The van der Waals surface area contributed by atoms with Crippen LogP contribution >= 0.6 is 0 Å². The van der Waals surface area contributed by atoms with Crippen molar-refractivity contribution in [3.63, 3.8) is 0 Å². The summed E-state index contributed by atoms with van der Waals surface area (Å²) < 4.78 is 0. The van der Waals surface area contributed by atoms with Gasteiger partial charge in [0, 0.05) is 24.8 Å². The molecule has 3 heteroatoms. The molecule has 1 aliphatic heterocycles. The highest BCUT2D eigenvalue weighted by atomic mass is 16.3. The van der Waals surface area contributed by atoms with Crippen LogP contribution in [0.4, 0.5) is 5.69 Å². The summed E-state index contributed by atoms with van der Waals surface area (Å²) in [6.45, 7) is 1.60. The van der Waals surface area contributed by atoms with Crippen molar-refractivity contribution in [2.24, 2.45) is 0 Å². The molecule has 0 radical (unpaired) electrons. The molecule has 0 unspecified atom stereocenters. The van der Waals surface area contributed by atoms with Crippen LogP contribution < -0.4 is 10.6 Å². The quantitative estimate of drug-likeness (QED) is 0.664. The summed E-state index contributed by atoms with van der Waals surface area (Å²) in [7, 11) is 0. The number of para-hydroxylation sites is 1. The summed E-state index contributed by atoms with van der Waals surface area (Å²) in [5.41, 5.74) is 1.13. The molecule has 0 aromatic heterocycles. The lowest BCUT2D eigenvalue weighted by atomic mass is 10.2. The number of hydrogen-bond acceptors (Lipinski definition) is 3. The third-order valence-electron chi connectivity index (χ3n) is 2.53. The van der Waals surface area contributed by atoms with E-state index in [0.717, 1.165) is 25.2 Å². The van der Waals surface area contributed by atoms with Gasteiger partial charge in [-0.2, -0.15) is 0 Å². The van der Waals surface area contributed by atoms with Crippen molar-refractivity contribution in [1.82, 2.24) is 5.32 Å². The summed E-state index contributed by atoms with van der Waals surface area (Å²) in [4.78, 5) is 0. The normalized spacial score (nSPS) is 26.4.